The lowest BCUT2D eigenvalue weighted by Crippen LogP contribution is -2.01. The average Bonchev–Trinajstić information content (AvgIpc) is 2.95. The molecule has 4 aromatic rings. The van der Waals surface area contributed by atoms with Crippen LogP contribution < -0.4 is 10.6 Å². The molecule has 2 N–H and O–H groups in total. The highest BCUT2D eigenvalue weighted by atomic mass is 35.5. The molecule has 2 aromatic carbocycles. The average molecular weight is 369 g/mol. The molecule has 0 spiro atoms. The van der Waals surface area contributed by atoms with Gasteiger partial charge < -0.3 is 10.6 Å². The van der Waals surface area contributed by atoms with Gasteiger partial charge in [0.15, 0.2) is 5.65 Å². The minimum Gasteiger partial charge on any atom is -0.324 e. The molecule has 0 atom stereocenters. The van der Waals surface area contributed by atoms with E-state index < -0.39 is 0 Å². The number of imidazole rings is 1. The van der Waals surface area contributed by atoms with Crippen molar-refractivity contribution in [2.45, 2.75) is 0 Å². The smallest absolute Gasteiger partial charge is 0.229 e. The first-order valence-electron chi connectivity index (χ1n) is 7.84. The van der Waals surface area contributed by atoms with E-state index in [2.05, 4.69) is 25.6 Å². The van der Waals surface area contributed by atoms with Crippen LogP contribution in [0.5, 0.6) is 0 Å². The standard InChI is InChI=1S/C18H14ClFN6/c1-26-16-15(24-18(26)23-14-5-3-2-4-13(14)19)10-21-17(25-16)22-12-8-6-11(20)7-9-12/h2-10H,1H3,(H,23,24)(H,21,22,25). The van der Waals surface area contributed by atoms with Gasteiger partial charge in [-0.15, -0.1) is 0 Å². The molecule has 0 fully saturated rings. The third-order valence-corrected chi connectivity index (χ3v) is 4.16. The lowest BCUT2D eigenvalue weighted by atomic mass is 10.3. The fraction of sp³-hybridized carbons (Fsp3) is 0.0556. The number of rotatable bonds is 4. The second-order valence-electron chi connectivity index (χ2n) is 5.63. The van der Waals surface area contributed by atoms with Crippen molar-refractivity contribution in [3.8, 4) is 0 Å². The van der Waals surface area contributed by atoms with Crippen LogP contribution in [0.15, 0.2) is 54.7 Å². The number of benzene rings is 2. The lowest BCUT2D eigenvalue weighted by molar-refractivity contribution is 0.628. The van der Waals surface area contributed by atoms with Crippen LogP contribution in [-0.2, 0) is 7.05 Å². The zero-order chi connectivity index (χ0) is 18.1. The summed E-state index contributed by atoms with van der Waals surface area (Å²) in [5.74, 6) is 0.701. The van der Waals surface area contributed by atoms with Crippen molar-refractivity contribution in [3.05, 3.63) is 65.6 Å². The zero-order valence-electron chi connectivity index (χ0n) is 13.7. The van der Waals surface area contributed by atoms with Crippen molar-refractivity contribution in [3.63, 3.8) is 0 Å². The van der Waals surface area contributed by atoms with Crippen molar-refractivity contribution in [1.82, 2.24) is 19.5 Å². The highest BCUT2D eigenvalue weighted by Gasteiger charge is 2.12. The van der Waals surface area contributed by atoms with Crippen LogP contribution in [0.2, 0.25) is 5.02 Å². The first-order valence-corrected chi connectivity index (χ1v) is 8.21. The predicted octanol–water partition coefficient (Wildman–Crippen LogP) is 4.64. The van der Waals surface area contributed by atoms with E-state index in [0.29, 0.717) is 33.8 Å². The maximum atomic E-state index is 13.0. The molecule has 0 aliphatic heterocycles. The second-order valence-corrected chi connectivity index (χ2v) is 6.04. The summed E-state index contributed by atoms with van der Waals surface area (Å²) in [5, 5.41) is 6.84. The van der Waals surface area contributed by atoms with E-state index in [1.165, 1.54) is 12.1 Å². The van der Waals surface area contributed by atoms with E-state index in [0.717, 1.165) is 5.69 Å². The minimum absolute atomic E-state index is 0.297. The number of aromatic nitrogens is 4. The second kappa shape index (κ2) is 6.61. The molecular formula is C18H14ClFN6. The summed E-state index contributed by atoms with van der Waals surface area (Å²) in [5.41, 5.74) is 2.75. The fourth-order valence-electron chi connectivity index (χ4n) is 2.50. The maximum Gasteiger partial charge on any atom is 0.229 e. The van der Waals surface area contributed by atoms with E-state index in [1.54, 1.807) is 24.4 Å². The van der Waals surface area contributed by atoms with Crippen LogP contribution in [0, 0.1) is 5.82 Å². The number of fused-ring (bicyclic) bond motifs is 1. The first-order chi connectivity index (χ1) is 12.6. The fourth-order valence-corrected chi connectivity index (χ4v) is 2.68. The summed E-state index contributed by atoms with van der Waals surface area (Å²) >= 11 is 6.19. The summed E-state index contributed by atoms with van der Waals surface area (Å²) in [6, 6.07) is 13.4. The Morgan fingerprint density at radius 3 is 2.54 bits per heavy atom. The van der Waals surface area contributed by atoms with E-state index in [-0.39, 0.29) is 5.82 Å². The van der Waals surface area contributed by atoms with E-state index in [1.807, 2.05) is 29.8 Å². The van der Waals surface area contributed by atoms with Gasteiger partial charge in [-0.05, 0) is 36.4 Å². The van der Waals surface area contributed by atoms with Gasteiger partial charge in [-0.3, -0.25) is 4.57 Å². The minimum atomic E-state index is -0.297. The maximum absolute atomic E-state index is 13.0. The van der Waals surface area contributed by atoms with Gasteiger partial charge in [0.1, 0.15) is 11.3 Å². The SMILES string of the molecule is Cn1c(Nc2ccccc2Cl)nc2cnc(Nc3ccc(F)cc3)nc21. The Morgan fingerprint density at radius 1 is 1.00 bits per heavy atom. The van der Waals surface area contributed by atoms with E-state index in [9.17, 15) is 4.39 Å². The molecule has 0 saturated heterocycles. The number of anilines is 4. The molecule has 2 aromatic heterocycles. The monoisotopic (exact) mass is 368 g/mol. The summed E-state index contributed by atoms with van der Waals surface area (Å²) in [6.07, 6.45) is 1.63. The van der Waals surface area contributed by atoms with Gasteiger partial charge in [-0.25, -0.2) is 14.4 Å². The molecule has 6 nitrogen and oxygen atoms in total. The first kappa shape index (κ1) is 16.3. The molecule has 2 heterocycles. The van der Waals surface area contributed by atoms with Crippen LogP contribution >= 0.6 is 11.6 Å². The number of halogens is 2. The topological polar surface area (TPSA) is 67.7 Å². The molecule has 0 saturated carbocycles. The molecule has 0 aliphatic rings. The largest absolute Gasteiger partial charge is 0.324 e. The Labute approximate surface area is 153 Å². The Bertz CT molecular complexity index is 1080. The van der Waals surface area contributed by atoms with Crippen LogP contribution in [-0.4, -0.2) is 19.5 Å². The normalized spacial score (nSPS) is 10.9. The van der Waals surface area contributed by atoms with Crippen molar-refractivity contribution in [2.24, 2.45) is 7.05 Å². The third-order valence-electron chi connectivity index (χ3n) is 3.83. The molecule has 26 heavy (non-hydrogen) atoms. The summed E-state index contributed by atoms with van der Waals surface area (Å²) < 4.78 is 14.8. The molecule has 130 valence electrons. The zero-order valence-corrected chi connectivity index (χ0v) is 14.5. The van der Waals surface area contributed by atoms with Crippen LogP contribution in [0.3, 0.4) is 0 Å². The number of hydrogen-bond donors (Lipinski definition) is 2. The predicted molar refractivity (Wildman–Crippen MR) is 101 cm³/mol. The Morgan fingerprint density at radius 2 is 1.77 bits per heavy atom. The van der Waals surface area contributed by atoms with E-state index in [4.69, 9.17) is 11.6 Å². The van der Waals surface area contributed by atoms with Crippen molar-refractivity contribution < 1.29 is 4.39 Å². The van der Waals surface area contributed by atoms with Crippen molar-refractivity contribution in [1.29, 1.82) is 0 Å². The van der Waals surface area contributed by atoms with Gasteiger partial charge >= 0.3 is 0 Å². The van der Waals surface area contributed by atoms with Crippen molar-refractivity contribution >= 4 is 46.0 Å². The molecule has 0 unspecified atom stereocenters. The van der Waals surface area contributed by atoms with Crippen LogP contribution in [0.1, 0.15) is 0 Å². The van der Waals surface area contributed by atoms with Crippen molar-refractivity contribution in [2.75, 3.05) is 10.6 Å². The Balaban J connectivity index is 1.65. The number of aryl methyl sites for hydroxylation is 1. The van der Waals surface area contributed by atoms with Crippen LogP contribution in [0.4, 0.5) is 27.7 Å². The number of hydrogen-bond acceptors (Lipinski definition) is 5. The summed E-state index contributed by atoms with van der Waals surface area (Å²) in [4.78, 5) is 13.2. The summed E-state index contributed by atoms with van der Waals surface area (Å²) in [6.45, 7) is 0. The van der Waals surface area contributed by atoms with Gasteiger partial charge in [-0.1, -0.05) is 23.7 Å². The molecule has 0 amide bonds. The lowest BCUT2D eigenvalue weighted by Gasteiger charge is -2.07. The highest BCUT2D eigenvalue weighted by molar-refractivity contribution is 6.33. The Kier molecular flexibility index (Phi) is 4.14. The van der Waals surface area contributed by atoms with Gasteiger partial charge in [-0.2, -0.15) is 4.98 Å². The summed E-state index contributed by atoms with van der Waals surface area (Å²) in [7, 11) is 1.85. The third kappa shape index (κ3) is 3.16. The molecule has 0 bridgehead atoms. The van der Waals surface area contributed by atoms with Gasteiger partial charge in [0.2, 0.25) is 11.9 Å². The molecule has 8 heteroatoms. The molecule has 0 radical (unpaired) electrons. The molecule has 0 aliphatic carbocycles. The molecule has 4 rings (SSSR count). The number of para-hydroxylation sites is 1. The Hall–Kier alpha value is -3.19. The van der Waals surface area contributed by atoms with E-state index >= 15 is 0 Å². The highest BCUT2D eigenvalue weighted by Crippen LogP contribution is 2.26. The van der Waals surface area contributed by atoms with Gasteiger partial charge in [0.25, 0.3) is 0 Å². The number of nitrogens with one attached hydrogen (secondary N) is 2. The van der Waals surface area contributed by atoms with Gasteiger partial charge in [0, 0.05) is 12.7 Å². The van der Waals surface area contributed by atoms with Gasteiger partial charge in [0.05, 0.1) is 16.9 Å². The quantitative estimate of drug-likeness (QED) is 0.549. The van der Waals surface area contributed by atoms with Crippen LogP contribution in [0.25, 0.3) is 11.2 Å². The number of nitrogens with zero attached hydrogens (tertiary/aromatic N) is 4. The molecular weight excluding hydrogens is 355 g/mol.